The molecule has 0 heterocycles. The normalized spacial score (nSPS) is 14.4. The molecule has 0 aromatic carbocycles. The molecule has 0 aliphatic carbocycles. The molecule has 20 heavy (non-hydrogen) atoms. The van der Waals surface area contributed by atoms with Gasteiger partial charge in [-0.2, -0.15) is 0 Å². The van der Waals surface area contributed by atoms with Crippen molar-refractivity contribution >= 4 is 10.1 Å². The fraction of sp³-hybridized carbons (Fsp3) is 1.00. The fourth-order valence-electron chi connectivity index (χ4n) is 2.85. The first-order chi connectivity index (χ1) is 9.25. The Morgan fingerprint density at radius 2 is 1.35 bits per heavy atom. The quantitative estimate of drug-likeness (QED) is 0.315. The van der Waals surface area contributed by atoms with E-state index < -0.39 is 15.5 Å². The molecule has 0 aliphatic heterocycles. The van der Waals surface area contributed by atoms with Gasteiger partial charge in [0.15, 0.2) is 5.37 Å². The largest absolute Gasteiger partial charge is 0.743 e. The Bertz CT molecular complexity index is 339. The summed E-state index contributed by atoms with van der Waals surface area (Å²) in [6, 6.07) is 0. The van der Waals surface area contributed by atoms with E-state index in [0.29, 0.717) is 6.42 Å². The van der Waals surface area contributed by atoms with Gasteiger partial charge >= 0.3 is 0 Å². The maximum atomic E-state index is 11.3. The number of hydrogen-bond donors (Lipinski definition) is 0. The van der Waals surface area contributed by atoms with Crippen LogP contribution in [0.5, 0.6) is 0 Å². The van der Waals surface area contributed by atoms with Crippen molar-refractivity contribution in [1.29, 1.82) is 0 Å². The molecule has 122 valence electrons. The van der Waals surface area contributed by atoms with Gasteiger partial charge in [-0.15, -0.1) is 0 Å². The number of quaternary nitrogens is 1. The van der Waals surface area contributed by atoms with E-state index in [1.54, 1.807) is 6.92 Å². The summed E-state index contributed by atoms with van der Waals surface area (Å²) < 4.78 is 34.1. The zero-order valence-corrected chi connectivity index (χ0v) is 14.5. The zero-order valence-electron chi connectivity index (χ0n) is 13.7. The number of nitrogens with zero attached hydrogens (tertiary/aromatic N) is 1. The fourth-order valence-corrected chi connectivity index (χ4v) is 4.06. The van der Waals surface area contributed by atoms with E-state index in [1.807, 2.05) is 14.1 Å². The molecule has 0 aromatic heterocycles. The molecule has 0 spiro atoms. The van der Waals surface area contributed by atoms with Gasteiger partial charge in [-0.05, 0) is 12.8 Å². The van der Waals surface area contributed by atoms with Crippen LogP contribution >= 0.6 is 0 Å². The highest BCUT2D eigenvalue weighted by molar-refractivity contribution is 7.86. The molecule has 0 N–H and O–H groups in total. The molecule has 4 nitrogen and oxygen atoms in total. The van der Waals surface area contributed by atoms with Gasteiger partial charge in [-0.25, -0.2) is 8.42 Å². The predicted molar refractivity (Wildman–Crippen MR) is 83.4 cm³/mol. The van der Waals surface area contributed by atoms with E-state index in [9.17, 15) is 13.0 Å². The molecule has 0 saturated carbocycles. The van der Waals surface area contributed by atoms with Crippen LogP contribution in [0, 0.1) is 0 Å². The van der Waals surface area contributed by atoms with Gasteiger partial charge in [-0.3, -0.25) is 0 Å². The summed E-state index contributed by atoms with van der Waals surface area (Å²) in [6.07, 6.45) is 10.2. The van der Waals surface area contributed by atoms with E-state index in [1.165, 1.54) is 38.5 Å². The van der Waals surface area contributed by atoms with Crippen LogP contribution in [0.4, 0.5) is 0 Å². The summed E-state index contributed by atoms with van der Waals surface area (Å²) >= 11 is 0. The van der Waals surface area contributed by atoms with Crippen LogP contribution in [0.15, 0.2) is 0 Å². The van der Waals surface area contributed by atoms with Crippen LogP contribution in [-0.2, 0) is 10.1 Å². The number of unbranched alkanes of at least 4 members (excludes halogenated alkanes) is 7. The van der Waals surface area contributed by atoms with E-state index in [2.05, 4.69) is 6.92 Å². The molecule has 0 fully saturated rings. The van der Waals surface area contributed by atoms with Gasteiger partial charge in [0.05, 0.1) is 20.6 Å². The van der Waals surface area contributed by atoms with Crippen LogP contribution < -0.4 is 0 Å². The molecule has 1 unspecified atom stereocenters. The van der Waals surface area contributed by atoms with Crippen LogP contribution in [0.1, 0.15) is 71.6 Å². The highest BCUT2D eigenvalue weighted by Gasteiger charge is 2.31. The first-order valence-electron chi connectivity index (χ1n) is 8.03. The molecule has 0 aliphatic rings. The summed E-state index contributed by atoms with van der Waals surface area (Å²) in [5, 5.41) is -0.813. The van der Waals surface area contributed by atoms with Crippen molar-refractivity contribution < 1.29 is 17.5 Å². The summed E-state index contributed by atoms with van der Waals surface area (Å²) in [5.74, 6) is 0. The summed E-state index contributed by atoms with van der Waals surface area (Å²) in [7, 11) is -0.504. The Balaban J connectivity index is 3.93. The smallest absolute Gasteiger partial charge is 0.178 e. The van der Waals surface area contributed by atoms with Crippen LogP contribution in [0.25, 0.3) is 0 Å². The van der Waals surface area contributed by atoms with Gasteiger partial charge in [0.2, 0.25) is 0 Å². The molecule has 0 saturated heterocycles. The minimum Gasteiger partial charge on any atom is -0.743 e. The molecule has 0 rings (SSSR count). The molecule has 0 radical (unpaired) electrons. The van der Waals surface area contributed by atoms with E-state index in [0.717, 1.165) is 19.4 Å². The van der Waals surface area contributed by atoms with Crippen LogP contribution in [0.3, 0.4) is 0 Å². The first kappa shape index (κ1) is 19.9. The highest BCUT2D eigenvalue weighted by atomic mass is 32.2. The maximum absolute atomic E-state index is 11.3. The Morgan fingerprint density at radius 1 is 0.900 bits per heavy atom. The minimum absolute atomic E-state index is 0.290. The topological polar surface area (TPSA) is 57.2 Å². The molecule has 5 heteroatoms. The second kappa shape index (κ2) is 9.74. The first-order valence-corrected chi connectivity index (χ1v) is 9.50. The predicted octanol–water partition coefficient (Wildman–Crippen LogP) is 3.48. The Hall–Kier alpha value is -0.130. The Labute approximate surface area is 125 Å². The molecule has 0 aromatic rings. The molecule has 1 atom stereocenters. The van der Waals surface area contributed by atoms with Crippen molar-refractivity contribution in [3.63, 3.8) is 0 Å². The van der Waals surface area contributed by atoms with E-state index in [4.69, 9.17) is 0 Å². The van der Waals surface area contributed by atoms with Gasteiger partial charge in [0.25, 0.3) is 0 Å². The van der Waals surface area contributed by atoms with Crippen molar-refractivity contribution in [3.8, 4) is 0 Å². The SMILES string of the molecule is CCCCCCCCCC[N+](C)(C)C(CC)S(=O)(=O)[O-]. The van der Waals surface area contributed by atoms with Gasteiger partial charge in [0, 0.05) is 6.42 Å². The average Bonchev–Trinajstić information content (AvgIpc) is 2.31. The second-order valence-corrected chi connectivity index (χ2v) is 7.86. The number of hydrogen-bond acceptors (Lipinski definition) is 3. The zero-order chi connectivity index (χ0) is 15.6. The van der Waals surface area contributed by atoms with Gasteiger partial charge in [0.1, 0.15) is 10.1 Å². The number of rotatable bonds is 12. The molecule has 0 bridgehead atoms. The lowest BCUT2D eigenvalue weighted by atomic mass is 10.1. The molecule has 0 amide bonds. The Kier molecular flexibility index (Phi) is 9.68. The highest BCUT2D eigenvalue weighted by Crippen LogP contribution is 2.18. The maximum Gasteiger partial charge on any atom is 0.178 e. The van der Waals surface area contributed by atoms with Gasteiger partial charge < -0.3 is 9.04 Å². The van der Waals surface area contributed by atoms with Crippen molar-refractivity contribution in [1.82, 2.24) is 0 Å². The average molecular weight is 308 g/mol. The lowest BCUT2D eigenvalue weighted by Crippen LogP contribution is -2.52. The summed E-state index contributed by atoms with van der Waals surface area (Å²) in [5.41, 5.74) is 0. The lowest BCUT2D eigenvalue weighted by Gasteiger charge is -2.38. The standard InChI is InChI=1S/C15H33NO3S/c1-5-7-8-9-10-11-12-13-14-16(3,4)15(6-2)20(17,18)19/h15H,5-14H2,1-4H3. The summed E-state index contributed by atoms with van der Waals surface area (Å²) in [6.45, 7) is 4.75. The van der Waals surface area contributed by atoms with Crippen molar-refractivity contribution in [2.24, 2.45) is 0 Å². The lowest BCUT2D eigenvalue weighted by molar-refractivity contribution is -0.902. The molecular weight excluding hydrogens is 274 g/mol. The van der Waals surface area contributed by atoms with E-state index in [-0.39, 0.29) is 4.48 Å². The second-order valence-electron chi connectivity index (χ2n) is 6.33. The third-order valence-corrected chi connectivity index (χ3v) is 5.62. The monoisotopic (exact) mass is 307 g/mol. The van der Waals surface area contributed by atoms with Crippen molar-refractivity contribution in [2.45, 2.75) is 77.0 Å². The summed E-state index contributed by atoms with van der Waals surface area (Å²) in [4.78, 5) is 0. The Morgan fingerprint density at radius 3 is 1.75 bits per heavy atom. The minimum atomic E-state index is -4.21. The third kappa shape index (κ3) is 8.22. The van der Waals surface area contributed by atoms with Crippen LogP contribution in [-0.4, -0.2) is 43.5 Å². The third-order valence-electron chi connectivity index (χ3n) is 4.05. The van der Waals surface area contributed by atoms with E-state index >= 15 is 0 Å². The van der Waals surface area contributed by atoms with Gasteiger partial charge in [-0.1, -0.05) is 52.4 Å². The van der Waals surface area contributed by atoms with Crippen molar-refractivity contribution in [3.05, 3.63) is 0 Å². The molecular formula is C15H33NO3S. The van der Waals surface area contributed by atoms with Crippen molar-refractivity contribution in [2.75, 3.05) is 20.6 Å². The van der Waals surface area contributed by atoms with Crippen LogP contribution in [0.2, 0.25) is 0 Å².